The highest BCUT2D eigenvalue weighted by Gasteiger charge is 1.77. The average Bonchev–Trinajstić information content (AvgIpc) is 3.15. The summed E-state index contributed by atoms with van der Waals surface area (Å²) in [6.07, 6.45) is 22.1. The van der Waals surface area contributed by atoms with Gasteiger partial charge in [0.05, 0.1) is 0 Å². The summed E-state index contributed by atoms with van der Waals surface area (Å²) in [7, 11) is 0. The molecule has 0 saturated heterocycles. The summed E-state index contributed by atoms with van der Waals surface area (Å²) in [6, 6.07) is 0. The highest BCUT2D eigenvalue weighted by molar-refractivity contribution is 6.27. The molecule has 0 amide bonds. The van der Waals surface area contributed by atoms with Crippen LogP contribution in [0.3, 0.4) is 0 Å². The fourth-order valence-corrected chi connectivity index (χ4v) is 2.00. The summed E-state index contributed by atoms with van der Waals surface area (Å²) < 4.78 is 0. The van der Waals surface area contributed by atoms with E-state index in [1.54, 1.807) is 0 Å². The molecular weight excluding hydrogens is 858 g/mol. The summed E-state index contributed by atoms with van der Waals surface area (Å²) in [6.45, 7) is 17.9. The Morgan fingerprint density at radius 2 is 0.229 bits per heavy atom. The van der Waals surface area contributed by atoms with E-state index in [0.29, 0.717) is 70.6 Å². The van der Waals surface area contributed by atoms with Crippen molar-refractivity contribution in [2.75, 3.05) is 70.6 Å². The molecule has 0 aromatic rings. The van der Waals surface area contributed by atoms with E-state index in [4.69, 9.17) is 139 Å². The molecule has 0 aliphatic carbocycles. The van der Waals surface area contributed by atoms with Crippen LogP contribution in [-0.4, -0.2) is 70.6 Å². The van der Waals surface area contributed by atoms with Crippen LogP contribution in [0, 0.1) is 0 Å². The zero-order valence-electron chi connectivity index (χ0n) is 32.3. The van der Waals surface area contributed by atoms with E-state index in [1.807, 2.05) is 0 Å². The fourth-order valence-electron chi connectivity index (χ4n) is 2.00. The Bertz CT molecular complexity index is 217. The summed E-state index contributed by atoms with van der Waals surface area (Å²) >= 11 is 60.6. The van der Waals surface area contributed by atoms with Crippen LogP contribution < -0.4 is 0 Å². The Kier molecular flexibility index (Phi) is 198. The monoisotopic (exact) mass is 932 g/mol. The zero-order valence-corrected chi connectivity index (χ0v) is 41.4. The van der Waals surface area contributed by atoms with Gasteiger partial charge in [-0.3, -0.25) is 0 Å². The predicted molar refractivity (Wildman–Crippen MR) is 248 cm³/mol. The third-order valence-electron chi connectivity index (χ3n) is 4.26. The van der Waals surface area contributed by atoms with Crippen molar-refractivity contribution < 1.29 is 0 Å². The van der Waals surface area contributed by atoms with Crippen LogP contribution in [0.2, 0.25) is 0 Å². The first-order valence-electron chi connectivity index (χ1n) is 17.9. The lowest BCUT2D eigenvalue weighted by Crippen LogP contribution is -1.66. The second-order valence-electron chi connectivity index (χ2n) is 9.10. The number of hydrogen-bond acceptors (Lipinski definition) is 0. The second-order valence-corrected chi connectivity index (χ2v) is 13.6. The normalized spacial score (nSPS) is 8.25. The van der Waals surface area contributed by atoms with Gasteiger partial charge in [-0.05, 0) is 0 Å². The van der Waals surface area contributed by atoms with Gasteiger partial charge >= 0.3 is 0 Å². The molecule has 0 unspecified atom stereocenters. The summed E-state index contributed by atoms with van der Waals surface area (Å²) in [4.78, 5) is 0. The molecular formula is C36H80Cl12. The maximum absolute atomic E-state index is 5.05. The van der Waals surface area contributed by atoms with Gasteiger partial charge in [0.25, 0.3) is 0 Å². The van der Waals surface area contributed by atoms with Gasteiger partial charge in [-0.25, -0.2) is 0 Å². The minimum absolute atomic E-state index is 0.557. The first-order chi connectivity index (χ1) is 23.1. The van der Waals surface area contributed by atoms with Crippen molar-refractivity contribution in [2.24, 2.45) is 0 Å². The van der Waals surface area contributed by atoms with E-state index in [0.717, 1.165) is 0 Å². The Morgan fingerprint density at radius 3 is 0.250 bits per heavy atom. The number of rotatable bonds is 18. The van der Waals surface area contributed by atoms with Crippen LogP contribution >= 0.6 is 139 Å². The minimum atomic E-state index is 0.557. The largest absolute Gasteiger partial charge is 0.125 e. The highest BCUT2D eigenvalue weighted by atomic mass is 35.5. The molecule has 0 saturated carbocycles. The van der Waals surface area contributed by atoms with E-state index in [2.05, 4.69) is 55.4 Å². The van der Waals surface area contributed by atoms with E-state index in [1.165, 1.54) is 103 Å². The van der Waals surface area contributed by atoms with Crippen molar-refractivity contribution in [3.63, 3.8) is 0 Å². The van der Waals surface area contributed by atoms with E-state index in [9.17, 15) is 0 Å². The molecule has 0 aromatic heterocycles. The van der Waals surface area contributed by atoms with Crippen molar-refractivity contribution in [2.45, 2.75) is 158 Å². The van der Waals surface area contributed by atoms with Gasteiger partial charge in [-0.1, -0.05) is 158 Å². The van der Waals surface area contributed by atoms with Gasteiger partial charge in [0, 0.05) is 70.6 Å². The van der Waals surface area contributed by atoms with Gasteiger partial charge in [-0.2, -0.15) is 0 Å². The lowest BCUT2D eigenvalue weighted by molar-refractivity contribution is 0.702. The van der Waals surface area contributed by atoms with Crippen molar-refractivity contribution >= 4 is 139 Å². The van der Waals surface area contributed by atoms with Crippen LogP contribution in [-0.2, 0) is 0 Å². The van der Waals surface area contributed by atoms with Crippen LogP contribution in [0.25, 0.3) is 0 Å². The third kappa shape index (κ3) is 252. The molecule has 0 aromatic carbocycles. The molecule has 0 aliphatic rings. The molecule has 12 heteroatoms. The molecule has 0 nitrogen and oxygen atoms in total. The quantitative estimate of drug-likeness (QED) is 0.0949. The SMILES string of the molecule is CCCCCC.CCCCCC.CCCCCC.CCCCCC.ClCCCl.ClCCCl.ClCCCl.ClCCCl.ClCCCl.ClCCCl. The molecule has 0 radical (unpaired) electrons. The summed E-state index contributed by atoms with van der Waals surface area (Å²) in [5.74, 6) is 6.69. The number of hydrogen-bond donors (Lipinski definition) is 0. The topological polar surface area (TPSA) is 0 Å². The maximum Gasteiger partial charge on any atom is 0.0359 e. The van der Waals surface area contributed by atoms with Gasteiger partial charge < -0.3 is 0 Å². The highest BCUT2D eigenvalue weighted by Crippen LogP contribution is 1.97. The van der Waals surface area contributed by atoms with Crippen molar-refractivity contribution in [1.82, 2.24) is 0 Å². The minimum Gasteiger partial charge on any atom is -0.125 e. The first kappa shape index (κ1) is 76.2. The van der Waals surface area contributed by atoms with Crippen LogP contribution in [0.15, 0.2) is 0 Å². The van der Waals surface area contributed by atoms with Gasteiger partial charge in [-0.15, -0.1) is 139 Å². The Morgan fingerprint density at radius 1 is 0.167 bits per heavy atom. The van der Waals surface area contributed by atoms with Crippen molar-refractivity contribution in [3.05, 3.63) is 0 Å². The Hall–Kier alpha value is 3.48. The third-order valence-corrected chi connectivity index (χ3v) is 7.69. The number of alkyl halides is 12. The molecule has 308 valence electrons. The summed E-state index contributed by atoms with van der Waals surface area (Å²) in [5, 5.41) is 0. The first-order valence-corrected chi connectivity index (χ1v) is 24.3. The standard InChI is InChI=1S/4C6H14.6C2H4Cl2/c4*1-3-5-6-4-2;6*3-1-2-4/h4*3-6H2,1-2H3;6*1-2H2. The van der Waals surface area contributed by atoms with E-state index in [-0.39, 0.29) is 0 Å². The number of unbranched alkanes of at least 4 members (excludes halogenated alkanes) is 12. The van der Waals surface area contributed by atoms with Crippen molar-refractivity contribution in [1.29, 1.82) is 0 Å². The lowest BCUT2D eigenvalue weighted by atomic mass is 10.2. The molecule has 0 heterocycles. The second kappa shape index (κ2) is 125. The van der Waals surface area contributed by atoms with Crippen LogP contribution in [0.5, 0.6) is 0 Å². The zero-order chi connectivity index (χ0) is 39.8. The Labute approximate surface area is 364 Å². The van der Waals surface area contributed by atoms with Gasteiger partial charge in [0.15, 0.2) is 0 Å². The number of halogens is 12. The molecule has 0 bridgehead atoms. The molecule has 0 aliphatic heterocycles. The lowest BCUT2D eigenvalue weighted by Gasteiger charge is -1.86. The summed E-state index contributed by atoms with van der Waals surface area (Å²) in [5.41, 5.74) is 0. The van der Waals surface area contributed by atoms with E-state index < -0.39 is 0 Å². The smallest absolute Gasteiger partial charge is 0.0359 e. The molecule has 0 atom stereocenters. The molecule has 0 fully saturated rings. The van der Waals surface area contributed by atoms with Gasteiger partial charge in [0.2, 0.25) is 0 Å². The van der Waals surface area contributed by atoms with Crippen LogP contribution in [0.1, 0.15) is 158 Å². The molecule has 0 N–H and O–H groups in total. The molecule has 0 spiro atoms. The molecule has 48 heavy (non-hydrogen) atoms. The predicted octanol–water partition coefficient (Wildman–Crippen LogP) is 19.1. The van der Waals surface area contributed by atoms with Crippen LogP contribution in [0.4, 0.5) is 0 Å². The van der Waals surface area contributed by atoms with Crippen molar-refractivity contribution in [3.8, 4) is 0 Å². The van der Waals surface area contributed by atoms with E-state index >= 15 is 0 Å². The molecule has 0 rings (SSSR count). The fraction of sp³-hybridized carbons (Fsp3) is 1.00. The van der Waals surface area contributed by atoms with Gasteiger partial charge in [0.1, 0.15) is 0 Å². The Balaban J connectivity index is -0.0000000421. The maximum atomic E-state index is 5.05. The average molecular weight is 938 g/mol.